The number of anilines is 1. The highest BCUT2D eigenvalue weighted by atomic mass is 16.4. The van der Waals surface area contributed by atoms with E-state index in [1.54, 1.807) is 12.1 Å². The maximum absolute atomic E-state index is 12.1. The predicted molar refractivity (Wildman–Crippen MR) is 135 cm³/mol. The van der Waals surface area contributed by atoms with Crippen molar-refractivity contribution in [3.63, 3.8) is 0 Å². The number of rotatable bonds is 7. The van der Waals surface area contributed by atoms with Crippen LogP contribution < -0.4 is 4.90 Å². The van der Waals surface area contributed by atoms with E-state index in [1.165, 1.54) is 0 Å². The second-order valence-electron chi connectivity index (χ2n) is 10.1. The van der Waals surface area contributed by atoms with Crippen LogP contribution in [-0.2, 0) is 10.2 Å². The largest absolute Gasteiger partial charge is 0.478 e. The monoisotopic (exact) mass is 457 g/mol. The second-order valence-corrected chi connectivity index (χ2v) is 10.1. The molecule has 34 heavy (non-hydrogen) atoms. The van der Waals surface area contributed by atoms with Crippen molar-refractivity contribution in [3.05, 3.63) is 59.8 Å². The van der Waals surface area contributed by atoms with Crippen molar-refractivity contribution < 1.29 is 14.7 Å². The molecule has 1 N–H and O–H groups in total. The maximum atomic E-state index is 12.1. The topological polar surface area (TPSA) is 73.7 Å². The molecule has 1 aliphatic carbocycles. The van der Waals surface area contributed by atoms with Gasteiger partial charge in [0.05, 0.1) is 22.2 Å². The lowest BCUT2D eigenvalue weighted by Crippen LogP contribution is -2.38. The van der Waals surface area contributed by atoms with Crippen molar-refractivity contribution in [1.29, 1.82) is 0 Å². The van der Waals surface area contributed by atoms with E-state index in [9.17, 15) is 14.7 Å². The molecule has 5 rings (SSSR count). The van der Waals surface area contributed by atoms with Gasteiger partial charge in [-0.1, -0.05) is 18.2 Å². The van der Waals surface area contributed by atoms with Crippen LogP contribution in [0.4, 0.5) is 5.69 Å². The Morgan fingerprint density at radius 2 is 1.79 bits per heavy atom. The Morgan fingerprint density at radius 3 is 2.38 bits per heavy atom. The van der Waals surface area contributed by atoms with Gasteiger partial charge in [0, 0.05) is 36.8 Å². The summed E-state index contributed by atoms with van der Waals surface area (Å²) in [6.45, 7) is 3.04. The standard InChI is InChI=1S/C28H31N3O3/c1-30(2)17-19-9-13-31(14-10-19)26-23-15-22(20-3-5-21(6-4-20)27(33)34)7-8-25(23)29-16-24(26)28(18-32)11-12-28/h3-8,15-16,18-19H,9-14,17H2,1-2H3,(H,33,34). The van der Waals surface area contributed by atoms with Crippen LogP contribution in [0, 0.1) is 5.92 Å². The molecule has 6 nitrogen and oxygen atoms in total. The Hall–Kier alpha value is -3.25. The van der Waals surface area contributed by atoms with E-state index in [2.05, 4.69) is 30.0 Å². The number of piperidine rings is 1. The summed E-state index contributed by atoms with van der Waals surface area (Å²) in [5.74, 6) is -0.241. The van der Waals surface area contributed by atoms with E-state index in [4.69, 9.17) is 4.98 Å². The molecule has 6 heteroatoms. The van der Waals surface area contributed by atoms with Gasteiger partial charge in [-0.15, -0.1) is 0 Å². The van der Waals surface area contributed by atoms with Crippen molar-refractivity contribution in [2.45, 2.75) is 31.1 Å². The summed E-state index contributed by atoms with van der Waals surface area (Å²) >= 11 is 0. The minimum atomic E-state index is -0.928. The first kappa shape index (κ1) is 22.5. The molecule has 0 atom stereocenters. The van der Waals surface area contributed by atoms with E-state index in [-0.39, 0.29) is 5.56 Å². The van der Waals surface area contributed by atoms with Gasteiger partial charge in [0.25, 0.3) is 0 Å². The Bertz CT molecular complexity index is 1220. The third-order valence-corrected chi connectivity index (χ3v) is 7.41. The molecule has 1 aromatic heterocycles. The highest BCUT2D eigenvalue weighted by Gasteiger charge is 2.47. The van der Waals surface area contributed by atoms with Crippen molar-refractivity contribution in [1.82, 2.24) is 9.88 Å². The number of carbonyl (C=O) groups excluding carboxylic acids is 1. The zero-order valence-corrected chi connectivity index (χ0v) is 19.8. The normalized spacial score (nSPS) is 17.8. The Labute approximate surface area is 200 Å². The van der Waals surface area contributed by atoms with Gasteiger partial charge in [-0.3, -0.25) is 4.98 Å². The van der Waals surface area contributed by atoms with E-state index in [0.29, 0.717) is 5.92 Å². The Kier molecular flexibility index (Phi) is 5.86. The van der Waals surface area contributed by atoms with E-state index in [0.717, 1.165) is 84.9 Å². The van der Waals surface area contributed by atoms with E-state index >= 15 is 0 Å². The molecule has 0 radical (unpaired) electrons. The number of carboxylic acid groups (broad SMARTS) is 1. The molecule has 2 aromatic carbocycles. The molecule has 0 bridgehead atoms. The summed E-state index contributed by atoms with van der Waals surface area (Å²) in [6, 6.07) is 13.2. The number of aromatic nitrogens is 1. The molecule has 1 saturated carbocycles. The number of hydrogen-bond acceptors (Lipinski definition) is 5. The zero-order chi connectivity index (χ0) is 23.9. The number of aromatic carboxylic acids is 1. The zero-order valence-electron chi connectivity index (χ0n) is 19.8. The summed E-state index contributed by atoms with van der Waals surface area (Å²) in [7, 11) is 4.26. The summed E-state index contributed by atoms with van der Waals surface area (Å²) in [6.07, 6.45) is 7.06. The quantitative estimate of drug-likeness (QED) is 0.523. The van der Waals surface area contributed by atoms with Crippen molar-refractivity contribution in [2.24, 2.45) is 5.92 Å². The number of carbonyl (C=O) groups is 2. The summed E-state index contributed by atoms with van der Waals surface area (Å²) in [5, 5.41) is 10.3. The highest BCUT2D eigenvalue weighted by molar-refractivity contribution is 5.98. The molecule has 2 heterocycles. The molecular weight excluding hydrogens is 426 g/mol. The molecular formula is C28H31N3O3. The van der Waals surface area contributed by atoms with Crippen LogP contribution in [0.2, 0.25) is 0 Å². The summed E-state index contributed by atoms with van der Waals surface area (Å²) < 4.78 is 0. The first-order valence-corrected chi connectivity index (χ1v) is 12.0. The van der Waals surface area contributed by atoms with Gasteiger partial charge in [0.15, 0.2) is 0 Å². The van der Waals surface area contributed by atoms with Crippen LogP contribution in [-0.4, -0.2) is 61.0 Å². The van der Waals surface area contributed by atoms with E-state index in [1.807, 2.05) is 30.5 Å². The fourth-order valence-corrected chi connectivity index (χ4v) is 5.31. The molecule has 2 aliphatic rings. The second kappa shape index (κ2) is 8.84. The van der Waals surface area contributed by atoms with Crippen LogP contribution in [0.5, 0.6) is 0 Å². The molecule has 0 amide bonds. The van der Waals surface area contributed by atoms with Crippen molar-refractivity contribution in [2.75, 3.05) is 38.6 Å². The fourth-order valence-electron chi connectivity index (χ4n) is 5.31. The lowest BCUT2D eigenvalue weighted by atomic mass is 9.90. The number of benzene rings is 2. The van der Waals surface area contributed by atoms with Gasteiger partial charge < -0.3 is 19.7 Å². The molecule has 1 aliphatic heterocycles. The lowest BCUT2D eigenvalue weighted by molar-refractivity contribution is -0.109. The van der Waals surface area contributed by atoms with Crippen LogP contribution >= 0.6 is 0 Å². The molecule has 1 saturated heterocycles. The van der Waals surface area contributed by atoms with Gasteiger partial charge in [0.1, 0.15) is 6.29 Å². The molecule has 3 aromatic rings. The molecule has 2 fully saturated rings. The smallest absolute Gasteiger partial charge is 0.335 e. The first-order chi connectivity index (χ1) is 16.4. The number of nitrogens with zero attached hydrogens (tertiary/aromatic N) is 3. The van der Waals surface area contributed by atoms with Crippen molar-refractivity contribution >= 4 is 28.8 Å². The SMILES string of the molecule is CN(C)CC1CCN(c2c(C3(C=O)CC3)cnc3ccc(-c4ccc(C(=O)O)cc4)cc23)CC1. The van der Waals surface area contributed by atoms with Gasteiger partial charge in [-0.05, 0) is 81.1 Å². The van der Waals surface area contributed by atoms with Crippen LogP contribution in [0.3, 0.4) is 0 Å². The van der Waals surface area contributed by atoms with Gasteiger partial charge in [-0.25, -0.2) is 4.79 Å². The van der Waals surface area contributed by atoms with Gasteiger partial charge in [-0.2, -0.15) is 0 Å². The van der Waals surface area contributed by atoms with Crippen LogP contribution in [0.15, 0.2) is 48.7 Å². The first-order valence-electron chi connectivity index (χ1n) is 12.0. The lowest BCUT2D eigenvalue weighted by Gasteiger charge is -2.37. The molecule has 0 unspecified atom stereocenters. The average molecular weight is 458 g/mol. The predicted octanol–water partition coefficient (Wildman–Crippen LogP) is 4.61. The van der Waals surface area contributed by atoms with Crippen LogP contribution in [0.25, 0.3) is 22.0 Å². The average Bonchev–Trinajstić information content (AvgIpc) is 3.64. The minimum absolute atomic E-state index is 0.274. The minimum Gasteiger partial charge on any atom is -0.478 e. The van der Waals surface area contributed by atoms with Crippen LogP contribution in [0.1, 0.15) is 41.6 Å². The maximum Gasteiger partial charge on any atom is 0.335 e. The number of fused-ring (bicyclic) bond motifs is 1. The third-order valence-electron chi connectivity index (χ3n) is 7.41. The third kappa shape index (κ3) is 4.18. The Balaban J connectivity index is 1.58. The fraction of sp³-hybridized carbons (Fsp3) is 0.393. The number of carboxylic acids is 1. The number of hydrogen-bond donors (Lipinski definition) is 1. The van der Waals surface area contributed by atoms with Gasteiger partial charge in [0.2, 0.25) is 0 Å². The van der Waals surface area contributed by atoms with Crippen molar-refractivity contribution in [3.8, 4) is 11.1 Å². The highest BCUT2D eigenvalue weighted by Crippen LogP contribution is 2.51. The number of pyridine rings is 1. The summed E-state index contributed by atoms with van der Waals surface area (Å²) in [4.78, 5) is 32.8. The Morgan fingerprint density at radius 1 is 1.12 bits per heavy atom. The number of aldehydes is 1. The summed E-state index contributed by atoms with van der Waals surface area (Å²) in [5.41, 5.74) is 4.97. The van der Waals surface area contributed by atoms with Gasteiger partial charge >= 0.3 is 5.97 Å². The van der Waals surface area contributed by atoms with E-state index < -0.39 is 11.4 Å². The molecule has 176 valence electrons. The molecule has 0 spiro atoms.